The number of para-hydroxylation sites is 1. The van der Waals surface area contributed by atoms with E-state index in [0.717, 1.165) is 41.3 Å². The summed E-state index contributed by atoms with van der Waals surface area (Å²) >= 11 is 6.45. The molecule has 0 spiro atoms. The highest BCUT2D eigenvalue weighted by atomic mass is 35.5. The fourth-order valence-corrected chi connectivity index (χ4v) is 5.98. The van der Waals surface area contributed by atoms with Gasteiger partial charge in [0.2, 0.25) is 16.0 Å². The minimum atomic E-state index is -3.57. The lowest BCUT2D eigenvalue weighted by Crippen LogP contribution is -2.41. The van der Waals surface area contributed by atoms with Crippen LogP contribution in [0.4, 0.5) is 5.95 Å². The van der Waals surface area contributed by atoms with Gasteiger partial charge >= 0.3 is 0 Å². The first-order chi connectivity index (χ1) is 16.4. The molecule has 34 heavy (non-hydrogen) atoms. The molecule has 0 saturated heterocycles. The Morgan fingerprint density at radius 2 is 1.82 bits per heavy atom. The third-order valence-corrected chi connectivity index (χ3v) is 8.06. The molecule has 2 aromatic carbocycles. The van der Waals surface area contributed by atoms with Gasteiger partial charge in [-0.15, -0.1) is 0 Å². The van der Waals surface area contributed by atoms with Gasteiger partial charge in [-0.05, 0) is 50.8 Å². The van der Waals surface area contributed by atoms with Gasteiger partial charge in [0, 0.05) is 34.7 Å². The third kappa shape index (κ3) is 4.80. The average Bonchev–Trinajstić information content (AvgIpc) is 3.25. The lowest BCUT2D eigenvalue weighted by molar-refractivity contribution is 0.384. The number of H-pyrrole nitrogens is 1. The zero-order chi connectivity index (χ0) is 23.7. The molecule has 1 saturated carbocycles. The monoisotopic (exact) mass is 495 g/mol. The predicted octanol–water partition coefficient (Wildman–Crippen LogP) is 5.29. The van der Waals surface area contributed by atoms with Crippen molar-refractivity contribution in [3.05, 3.63) is 71.5 Å². The molecule has 7 nitrogen and oxygen atoms in total. The average molecular weight is 496 g/mol. The molecule has 0 amide bonds. The van der Waals surface area contributed by atoms with E-state index in [9.17, 15) is 8.42 Å². The van der Waals surface area contributed by atoms with E-state index < -0.39 is 10.0 Å². The van der Waals surface area contributed by atoms with Gasteiger partial charge in [0.1, 0.15) is 0 Å². The molecular formula is C25H26ClN5O2S. The van der Waals surface area contributed by atoms with Crippen LogP contribution in [0.1, 0.15) is 31.2 Å². The molecule has 4 aromatic rings. The summed E-state index contributed by atoms with van der Waals surface area (Å²) < 4.78 is 28.5. The number of fused-ring (bicyclic) bond motifs is 1. The number of sulfonamides is 1. The molecule has 3 N–H and O–H groups in total. The molecule has 0 unspecified atom stereocenters. The number of nitrogens with one attached hydrogen (secondary N) is 3. The molecule has 1 fully saturated rings. The van der Waals surface area contributed by atoms with Crippen LogP contribution in [0.3, 0.4) is 0 Å². The van der Waals surface area contributed by atoms with Gasteiger partial charge in [0.05, 0.1) is 21.8 Å². The van der Waals surface area contributed by atoms with Crippen molar-refractivity contribution < 1.29 is 8.42 Å². The van der Waals surface area contributed by atoms with E-state index >= 15 is 0 Å². The summed E-state index contributed by atoms with van der Waals surface area (Å²) in [6, 6.07) is 14.8. The van der Waals surface area contributed by atoms with E-state index in [2.05, 4.69) is 20.0 Å². The normalized spacial score (nSPS) is 18.8. The second-order valence-electron chi connectivity index (χ2n) is 8.78. The Labute approximate surface area is 204 Å². The molecule has 2 atom stereocenters. The Hall–Kier alpha value is -2.94. The largest absolute Gasteiger partial charge is 0.360 e. The van der Waals surface area contributed by atoms with Crippen LogP contribution in [0.15, 0.2) is 65.8 Å². The SMILES string of the molecule is Cc1ccc(S(=O)(=O)N[C@H]2CCC[C@@H](Nc3ncc(Cl)c(-c4c[nH]c5ccccc45)n3)C2)cc1. The lowest BCUT2D eigenvalue weighted by Gasteiger charge is -2.30. The molecule has 0 radical (unpaired) electrons. The van der Waals surface area contributed by atoms with Crippen LogP contribution in [-0.4, -0.2) is 35.5 Å². The van der Waals surface area contributed by atoms with Gasteiger partial charge in [0.25, 0.3) is 0 Å². The maximum absolute atomic E-state index is 12.8. The van der Waals surface area contributed by atoms with Gasteiger partial charge < -0.3 is 10.3 Å². The Kier molecular flexibility index (Phi) is 6.29. The molecule has 1 aliphatic carbocycles. The van der Waals surface area contributed by atoms with Crippen LogP contribution in [0.25, 0.3) is 22.2 Å². The number of hydrogen-bond acceptors (Lipinski definition) is 5. The van der Waals surface area contributed by atoms with Crippen molar-refractivity contribution in [1.82, 2.24) is 19.7 Å². The minimum Gasteiger partial charge on any atom is -0.360 e. The Morgan fingerprint density at radius 3 is 2.65 bits per heavy atom. The summed E-state index contributed by atoms with van der Waals surface area (Å²) in [4.78, 5) is 12.6. The smallest absolute Gasteiger partial charge is 0.240 e. The van der Waals surface area contributed by atoms with E-state index in [1.54, 1.807) is 18.3 Å². The zero-order valence-corrected chi connectivity index (χ0v) is 20.3. The molecule has 176 valence electrons. The van der Waals surface area contributed by atoms with E-state index in [0.29, 0.717) is 23.1 Å². The van der Waals surface area contributed by atoms with Crippen LogP contribution in [0.5, 0.6) is 0 Å². The maximum Gasteiger partial charge on any atom is 0.240 e. The van der Waals surface area contributed by atoms with Gasteiger partial charge in [-0.25, -0.2) is 23.1 Å². The highest BCUT2D eigenvalue weighted by Gasteiger charge is 2.27. The summed E-state index contributed by atoms with van der Waals surface area (Å²) in [5.74, 6) is 0.483. The molecule has 1 aliphatic rings. The van der Waals surface area contributed by atoms with E-state index in [4.69, 9.17) is 16.6 Å². The molecule has 9 heteroatoms. The lowest BCUT2D eigenvalue weighted by atomic mass is 9.92. The number of nitrogens with zero attached hydrogens (tertiary/aromatic N) is 2. The highest BCUT2D eigenvalue weighted by molar-refractivity contribution is 7.89. The number of aryl methyl sites for hydroxylation is 1. The number of halogens is 1. The van der Waals surface area contributed by atoms with Crippen LogP contribution >= 0.6 is 11.6 Å². The van der Waals surface area contributed by atoms with Crippen LogP contribution in [0.2, 0.25) is 5.02 Å². The molecule has 0 aliphatic heterocycles. The van der Waals surface area contributed by atoms with Crippen LogP contribution in [0, 0.1) is 6.92 Å². The third-order valence-electron chi connectivity index (χ3n) is 6.25. The Balaban J connectivity index is 1.31. The summed E-state index contributed by atoms with van der Waals surface area (Å²) in [6.07, 6.45) is 6.78. The van der Waals surface area contributed by atoms with Crippen molar-refractivity contribution in [2.45, 2.75) is 49.6 Å². The zero-order valence-electron chi connectivity index (χ0n) is 18.8. The standard InChI is InChI=1S/C25H26ClN5O2S/c1-16-9-11-19(12-10-16)34(32,33)31-18-6-4-5-17(13-18)29-25-28-15-22(26)24(30-25)21-14-27-23-8-3-2-7-20(21)23/h2-3,7-12,14-15,17-18,27,31H,4-6,13H2,1H3,(H,28,29,30)/t17-,18+/m1/s1. The van der Waals surface area contributed by atoms with Gasteiger partial charge in [-0.1, -0.05) is 47.5 Å². The van der Waals surface area contributed by atoms with Gasteiger partial charge in [-0.2, -0.15) is 0 Å². The molecular weight excluding hydrogens is 470 g/mol. The van der Waals surface area contributed by atoms with Crippen molar-refractivity contribution in [3.63, 3.8) is 0 Å². The summed E-state index contributed by atoms with van der Waals surface area (Å²) in [7, 11) is -3.57. The number of benzene rings is 2. The van der Waals surface area contributed by atoms with Crippen LogP contribution in [-0.2, 0) is 10.0 Å². The topological polar surface area (TPSA) is 99.8 Å². The second-order valence-corrected chi connectivity index (χ2v) is 10.9. The van der Waals surface area contributed by atoms with Crippen molar-refractivity contribution >= 4 is 38.5 Å². The minimum absolute atomic E-state index is 0.0523. The Morgan fingerprint density at radius 1 is 1.06 bits per heavy atom. The maximum atomic E-state index is 12.8. The fourth-order valence-electron chi connectivity index (χ4n) is 4.51. The van der Waals surface area contributed by atoms with Crippen molar-refractivity contribution in [2.75, 3.05) is 5.32 Å². The number of anilines is 1. The van der Waals surface area contributed by atoms with E-state index in [1.165, 1.54) is 0 Å². The number of hydrogen-bond donors (Lipinski definition) is 3. The number of rotatable bonds is 6. The van der Waals surface area contributed by atoms with Gasteiger partial charge in [-0.3, -0.25) is 0 Å². The van der Waals surface area contributed by atoms with Crippen LogP contribution < -0.4 is 10.0 Å². The Bertz CT molecular complexity index is 1420. The summed E-state index contributed by atoms with van der Waals surface area (Å²) in [5.41, 5.74) is 3.61. The van der Waals surface area contributed by atoms with Crippen molar-refractivity contribution in [3.8, 4) is 11.3 Å². The molecule has 0 bridgehead atoms. The first kappa shape index (κ1) is 22.8. The molecule has 5 rings (SSSR count). The molecule has 2 aromatic heterocycles. The summed E-state index contributed by atoms with van der Waals surface area (Å²) in [5, 5.41) is 4.91. The summed E-state index contributed by atoms with van der Waals surface area (Å²) in [6.45, 7) is 1.93. The molecule has 2 heterocycles. The van der Waals surface area contributed by atoms with E-state index in [1.807, 2.05) is 49.5 Å². The van der Waals surface area contributed by atoms with E-state index in [-0.39, 0.29) is 17.0 Å². The quantitative estimate of drug-likeness (QED) is 0.337. The first-order valence-corrected chi connectivity index (χ1v) is 13.2. The fraction of sp³-hybridized carbons (Fsp3) is 0.280. The highest BCUT2D eigenvalue weighted by Crippen LogP contribution is 2.33. The number of aromatic amines is 1. The van der Waals surface area contributed by atoms with Gasteiger partial charge in [0.15, 0.2) is 0 Å². The number of aromatic nitrogens is 3. The second kappa shape index (κ2) is 9.37. The first-order valence-electron chi connectivity index (χ1n) is 11.3. The van der Waals surface area contributed by atoms with Crippen molar-refractivity contribution in [1.29, 1.82) is 0 Å². The van der Waals surface area contributed by atoms with Crippen molar-refractivity contribution in [2.24, 2.45) is 0 Å². The predicted molar refractivity (Wildman–Crippen MR) is 136 cm³/mol.